The van der Waals surface area contributed by atoms with Crippen LogP contribution in [0.4, 0.5) is 0 Å². The van der Waals surface area contributed by atoms with Crippen LogP contribution in [-0.4, -0.2) is 4.98 Å². The van der Waals surface area contributed by atoms with E-state index in [0.29, 0.717) is 11.2 Å². The molecular formula is C5H4ClN. The predicted octanol–water partition coefficient (Wildman–Crippen LogP) is 1.73. The summed E-state index contributed by atoms with van der Waals surface area (Å²) in [6.07, 6.45) is 1.41. The molecule has 0 atom stereocenters. The fourth-order valence-electron chi connectivity index (χ4n) is 0.302. The van der Waals surface area contributed by atoms with Crippen LogP contribution in [-0.2, 0) is 0 Å². The number of pyridine rings is 1. The first-order chi connectivity index (χ1) is 3.79. The lowest BCUT2D eigenvalue weighted by molar-refractivity contribution is 1.33. The summed E-state index contributed by atoms with van der Waals surface area (Å²) in [5.41, 5.74) is 0. The monoisotopic (exact) mass is 114 g/mol. The molecule has 0 aliphatic heterocycles. The van der Waals surface area contributed by atoms with E-state index >= 15 is 0 Å². The summed E-state index contributed by atoms with van der Waals surface area (Å²) in [7, 11) is 0. The Balaban J connectivity index is 3.03. The molecular weight excluding hydrogens is 110 g/mol. The molecule has 0 amide bonds. The normalized spacial score (nSPS) is 10.7. The minimum Gasteiger partial charge on any atom is -0.245 e. The number of hydrogen-bond acceptors (Lipinski definition) is 1. The molecule has 0 spiro atoms. The van der Waals surface area contributed by atoms with Crippen LogP contribution in [0, 0.1) is 0 Å². The van der Waals surface area contributed by atoms with E-state index < -0.39 is 0 Å². The number of nitrogens with zero attached hydrogens (tertiary/aromatic N) is 1. The topological polar surface area (TPSA) is 12.9 Å². The predicted molar refractivity (Wildman–Crippen MR) is 29.2 cm³/mol. The second-order valence-corrected chi connectivity index (χ2v) is 1.47. The van der Waals surface area contributed by atoms with Gasteiger partial charge in [-0.1, -0.05) is 17.7 Å². The van der Waals surface area contributed by atoms with Gasteiger partial charge in [0.2, 0.25) is 0 Å². The Hall–Kier alpha value is -0.560. The van der Waals surface area contributed by atoms with E-state index in [-0.39, 0.29) is 0 Å². The molecule has 1 aromatic rings. The molecule has 0 aliphatic carbocycles. The second-order valence-electron chi connectivity index (χ2n) is 1.08. The van der Waals surface area contributed by atoms with Gasteiger partial charge in [0.25, 0.3) is 0 Å². The molecule has 1 rings (SSSR count). The van der Waals surface area contributed by atoms with E-state index in [2.05, 4.69) is 4.98 Å². The largest absolute Gasteiger partial charge is 0.245 e. The van der Waals surface area contributed by atoms with Crippen molar-refractivity contribution in [1.29, 1.82) is 0 Å². The van der Waals surface area contributed by atoms with Gasteiger partial charge in [-0.05, 0) is 12.1 Å². The van der Waals surface area contributed by atoms with Crippen LogP contribution in [0.5, 0.6) is 0 Å². The molecule has 1 aromatic heterocycles. The minimum absolute atomic E-state index is 0.384. The summed E-state index contributed by atoms with van der Waals surface area (Å²) >= 11 is 5.42. The van der Waals surface area contributed by atoms with Crippen molar-refractivity contribution in [2.75, 3.05) is 0 Å². The Kier molecular flexibility index (Phi) is 0.953. The van der Waals surface area contributed by atoms with Gasteiger partial charge in [0.1, 0.15) is 5.15 Å². The molecule has 1 nitrogen and oxygen atoms in total. The SMILES string of the molecule is [2H]c1ccc(Cl)nc1. The number of halogens is 1. The molecule has 0 saturated heterocycles. The number of aromatic nitrogens is 1. The summed E-state index contributed by atoms with van der Waals surface area (Å²) in [5.74, 6) is 0. The molecule has 0 aliphatic rings. The van der Waals surface area contributed by atoms with Crippen LogP contribution in [0.2, 0.25) is 5.15 Å². The fraction of sp³-hybridized carbons (Fsp3) is 0. The van der Waals surface area contributed by atoms with Crippen molar-refractivity contribution < 1.29 is 1.37 Å². The zero-order valence-electron chi connectivity index (χ0n) is 4.56. The summed E-state index contributed by atoms with van der Waals surface area (Å²) < 4.78 is 6.97. The van der Waals surface area contributed by atoms with Gasteiger partial charge in [-0.2, -0.15) is 0 Å². The highest BCUT2D eigenvalue weighted by Gasteiger charge is 1.76. The van der Waals surface area contributed by atoms with Gasteiger partial charge in [-0.3, -0.25) is 0 Å². The zero-order valence-corrected chi connectivity index (χ0v) is 4.31. The number of hydrogen-bond donors (Lipinski definition) is 0. The van der Waals surface area contributed by atoms with Gasteiger partial charge in [-0.15, -0.1) is 0 Å². The maximum absolute atomic E-state index is 6.97. The van der Waals surface area contributed by atoms with Crippen molar-refractivity contribution in [1.82, 2.24) is 4.98 Å². The van der Waals surface area contributed by atoms with E-state index in [1.165, 1.54) is 6.20 Å². The van der Waals surface area contributed by atoms with Gasteiger partial charge in [-0.25, -0.2) is 4.98 Å². The van der Waals surface area contributed by atoms with E-state index in [1.54, 1.807) is 12.1 Å². The third-order valence-electron chi connectivity index (χ3n) is 0.580. The fourth-order valence-corrected chi connectivity index (χ4v) is 0.414. The van der Waals surface area contributed by atoms with Crippen LogP contribution >= 0.6 is 11.6 Å². The zero-order chi connectivity index (χ0) is 5.98. The Labute approximate surface area is 48.4 Å². The highest BCUT2D eigenvalue weighted by molar-refractivity contribution is 6.29. The summed E-state index contributed by atoms with van der Waals surface area (Å²) in [6.45, 7) is 0. The molecule has 36 valence electrons. The highest BCUT2D eigenvalue weighted by Crippen LogP contribution is 1.98. The third kappa shape index (κ3) is 1.16. The van der Waals surface area contributed by atoms with Crippen molar-refractivity contribution in [2.45, 2.75) is 0 Å². The van der Waals surface area contributed by atoms with Crippen molar-refractivity contribution in [3.63, 3.8) is 0 Å². The molecule has 0 N–H and O–H groups in total. The van der Waals surface area contributed by atoms with Gasteiger partial charge in [0.05, 0.1) is 1.37 Å². The van der Waals surface area contributed by atoms with Crippen LogP contribution in [0.15, 0.2) is 24.4 Å². The summed E-state index contributed by atoms with van der Waals surface area (Å²) in [4.78, 5) is 3.66. The van der Waals surface area contributed by atoms with Crippen LogP contribution in [0.1, 0.15) is 1.37 Å². The average Bonchev–Trinajstić information content (AvgIpc) is 1.77. The Morgan fingerprint density at radius 1 is 1.86 bits per heavy atom. The highest BCUT2D eigenvalue weighted by atomic mass is 35.5. The molecule has 0 aromatic carbocycles. The first kappa shape index (κ1) is 3.44. The van der Waals surface area contributed by atoms with Crippen LogP contribution < -0.4 is 0 Å². The van der Waals surface area contributed by atoms with E-state index in [9.17, 15) is 0 Å². The summed E-state index contributed by atoms with van der Waals surface area (Å²) in [5, 5.41) is 0.431. The average molecular weight is 115 g/mol. The molecule has 0 unspecified atom stereocenters. The third-order valence-corrected chi connectivity index (χ3v) is 0.803. The molecule has 0 fully saturated rings. The van der Waals surface area contributed by atoms with Crippen molar-refractivity contribution >= 4 is 11.6 Å². The van der Waals surface area contributed by atoms with Gasteiger partial charge < -0.3 is 0 Å². The minimum atomic E-state index is 0.384. The van der Waals surface area contributed by atoms with Crippen molar-refractivity contribution in [2.24, 2.45) is 0 Å². The lowest BCUT2D eigenvalue weighted by atomic mass is 10.5. The lowest BCUT2D eigenvalue weighted by Crippen LogP contribution is -1.65. The number of rotatable bonds is 0. The smallest absolute Gasteiger partial charge is 0.129 e. The quantitative estimate of drug-likeness (QED) is 0.468. The first-order valence-corrected chi connectivity index (χ1v) is 2.25. The van der Waals surface area contributed by atoms with Crippen molar-refractivity contribution in [3.05, 3.63) is 29.5 Å². The van der Waals surface area contributed by atoms with Gasteiger partial charge >= 0.3 is 0 Å². The lowest BCUT2D eigenvalue weighted by Gasteiger charge is -1.79. The first-order valence-electron chi connectivity index (χ1n) is 2.37. The van der Waals surface area contributed by atoms with Gasteiger partial charge in [0, 0.05) is 6.20 Å². The maximum Gasteiger partial charge on any atom is 0.129 e. The van der Waals surface area contributed by atoms with E-state index in [4.69, 9.17) is 13.0 Å². The molecule has 0 saturated carbocycles. The second kappa shape index (κ2) is 1.94. The van der Waals surface area contributed by atoms with E-state index in [1.807, 2.05) is 0 Å². The Morgan fingerprint density at radius 2 is 2.71 bits per heavy atom. The Morgan fingerprint density at radius 3 is 3.14 bits per heavy atom. The van der Waals surface area contributed by atoms with E-state index in [0.717, 1.165) is 0 Å². The standard InChI is InChI=1S/C5H4ClN/c6-5-3-1-2-4-7-5/h1-4H/i2D. The molecule has 0 radical (unpaired) electrons. The molecule has 1 heterocycles. The van der Waals surface area contributed by atoms with Crippen molar-refractivity contribution in [3.8, 4) is 0 Å². The maximum atomic E-state index is 6.97. The van der Waals surface area contributed by atoms with Crippen LogP contribution in [0.25, 0.3) is 0 Å². The summed E-state index contributed by atoms with van der Waals surface area (Å²) in [6, 6.07) is 3.56. The van der Waals surface area contributed by atoms with Crippen LogP contribution in [0.3, 0.4) is 0 Å². The Bertz CT molecular complexity index is 151. The molecule has 2 heteroatoms. The molecule has 7 heavy (non-hydrogen) atoms. The molecule has 0 bridgehead atoms. The van der Waals surface area contributed by atoms with Gasteiger partial charge in [0.15, 0.2) is 0 Å².